The van der Waals surface area contributed by atoms with Crippen molar-refractivity contribution < 1.29 is 13.2 Å². The minimum Gasteiger partial charge on any atom is -0.325 e. The van der Waals surface area contributed by atoms with Gasteiger partial charge >= 0.3 is 0 Å². The van der Waals surface area contributed by atoms with Crippen molar-refractivity contribution in [3.63, 3.8) is 0 Å². The number of halogens is 2. The quantitative estimate of drug-likeness (QED) is 0.516. The smallest absolute Gasteiger partial charge is 0.250 e. The monoisotopic (exact) mass is 479 g/mol. The molecular formula is C21H19Cl2N3O4S. The summed E-state index contributed by atoms with van der Waals surface area (Å²) in [6.45, 7) is 0.137. The summed E-state index contributed by atoms with van der Waals surface area (Å²) >= 11 is 12.1. The number of anilines is 1. The summed E-state index contributed by atoms with van der Waals surface area (Å²) < 4.78 is 28.4. The number of amides is 1. The van der Waals surface area contributed by atoms with Crippen molar-refractivity contribution in [3.05, 3.63) is 92.8 Å². The molecule has 0 saturated heterocycles. The fourth-order valence-electron chi connectivity index (χ4n) is 2.80. The van der Waals surface area contributed by atoms with Crippen LogP contribution in [0.25, 0.3) is 0 Å². The summed E-state index contributed by atoms with van der Waals surface area (Å²) in [5, 5.41) is 3.29. The van der Waals surface area contributed by atoms with Gasteiger partial charge in [-0.15, -0.1) is 0 Å². The molecule has 0 saturated carbocycles. The third-order valence-electron chi connectivity index (χ3n) is 4.34. The lowest BCUT2D eigenvalue weighted by Crippen LogP contribution is -2.28. The van der Waals surface area contributed by atoms with Crippen LogP contribution in [0.3, 0.4) is 0 Å². The van der Waals surface area contributed by atoms with E-state index in [1.807, 2.05) is 12.1 Å². The highest BCUT2D eigenvalue weighted by Gasteiger charge is 2.17. The van der Waals surface area contributed by atoms with Crippen LogP contribution in [-0.2, 0) is 21.4 Å². The van der Waals surface area contributed by atoms with Crippen molar-refractivity contribution in [2.45, 2.75) is 17.9 Å². The Morgan fingerprint density at radius 3 is 2.32 bits per heavy atom. The molecule has 1 heterocycles. The van der Waals surface area contributed by atoms with Crippen molar-refractivity contribution in [2.75, 3.05) is 11.9 Å². The Morgan fingerprint density at radius 2 is 1.61 bits per heavy atom. The predicted octanol–water partition coefficient (Wildman–Crippen LogP) is 3.51. The first-order valence-corrected chi connectivity index (χ1v) is 11.5. The fraction of sp³-hybridized carbons (Fsp3) is 0.143. The summed E-state index contributed by atoms with van der Waals surface area (Å²) in [6, 6.07) is 16.0. The van der Waals surface area contributed by atoms with Gasteiger partial charge in [0, 0.05) is 30.3 Å². The Kier molecular flexibility index (Phi) is 7.50. The van der Waals surface area contributed by atoms with E-state index in [2.05, 4.69) is 10.0 Å². The third kappa shape index (κ3) is 6.18. The second-order valence-electron chi connectivity index (χ2n) is 6.60. The molecule has 1 amide bonds. The van der Waals surface area contributed by atoms with Crippen LogP contribution in [0.1, 0.15) is 12.0 Å². The highest BCUT2D eigenvalue weighted by molar-refractivity contribution is 7.89. The van der Waals surface area contributed by atoms with Gasteiger partial charge in [0.05, 0.1) is 17.3 Å². The molecule has 0 spiro atoms. The lowest BCUT2D eigenvalue weighted by molar-refractivity contribution is -0.116. The number of nitrogens with zero attached hydrogens (tertiary/aromatic N) is 1. The number of carbonyl (C=O) groups excluding carboxylic acids is 1. The van der Waals surface area contributed by atoms with E-state index >= 15 is 0 Å². The largest absolute Gasteiger partial charge is 0.325 e. The highest BCUT2D eigenvalue weighted by Crippen LogP contribution is 2.20. The molecule has 2 N–H and O–H groups in total. The molecule has 0 aliphatic heterocycles. The first kappa shape index (κ1) is 23.0. The molecule has 162 valence electrons. The molecule has 0 atom stereocenters. The summed E-state index contributed by atoms with van der Waals surface area (Å²) in [4.78, 5) is 24.3. The first-order chi connectivity index (χ1) is 14.8. The molecule has 2 aromatic carbocycles. The molecular weight excluding hydrogens is 461 g/mol. The summed E-state index contributed by atoms with van der Waals surface area (Å²) in [7, 11) is -3.83. The lowest BCUT2D eigenvalue weighted by Gasteiger charge is -2.11. The molecule has 3 rings (SSSR count). The Morgan fingerprint density at radius 1 is 0.935 bits per heavy atom. The number of pyridine rings is 1. The molecule has 10 heteroatoms. The molecule has 0 fully saturated rings. The van der Waals surface area contributed by atoms with Crippen LogP contribution in [0.15, 0.2) is 76.6 Å². The van der Waals surface area contributed by atoms with Crippen molar-refractivity contribution in [1.82, 2.24) is 9.29 Å². The van der Waals surface area contributed by atoms with Gasteiger partial charge in [-0.05, 0) is 29.8 Å². The van der Waals surface area contributed by atoms with Gasteiger partial charge in [0.25, 0.3) is 5.56 Å². The lowest BCUT2D eigenvalue weighted by atomic mass is 10.2. The van der Waals surface area contributed by atoms with Crippen molar-refractivity contribution >= 4 is 44.8 Å². The molecule has 0 aliphatic carbocycles. The van der Waals surface area contributed by atoms with Crippen molar-refractivity contribution in [1.29, 1.82) is 0 Å². The van der Waals surface area contributed by atoms with E-state index in [0.717, 1.165) is 5.56 Å². The van der Waals surface area contributed by atoms with E-state index < -0.39 is 15.9 Å². The number of sulfonamides is 1. The molecule has 0 bridgehead atoms. The Labute approximate surface area is 189 Å². The van der Waals surface area contributed by atoms with Crippen molar-refractivity contribution in [2.24, 2.45) is 0 Å². The number of aromatic nitrogens is 1. The standard InChI is InChI=1S/C21H19Cl2N3O4S/c22-17-6-2-1-5-15(17)13-26-14-16(9-10-21(26)28)25-20(27)11-12-24-31(29,30)19-8-4-3-7-18(19)23/h1-10,14,24H,11-13H2,(H,25,27). The summed E-state index contributed by atoms with van der Waals surface area (Å²) in [5.41, 5.74) is 0.930. The molecule has 1 aromatic heterocycles. The highest BCUT2D eigenvalue weighted by atomic mass is 35.5. The normalized spacial score (nSPS) is 11.3. The Balaban J connectivity index is 1.60. The molecule has 3 aromatic rings. The van der Waals surface area contributed by atoms with Crippen LogP contribution in [0.5, 0.6) is 0 Å². The van der Waals surface area contributed by atoms with Gasteiger partial charge in [-0.25, -0.2) is 13.1 Å². The van der Waals surface area contributed by atoms with E-state index in [0.29, 0.717) is 10.7 Å². The van der Waals surface area contributed by atoms with Gasteiger partial charge in [0.1, 0.15) is 4.90 Å². The zero-order valence-electron chi connectivity index (χ0n) is 16.2. The van der Waals surface area contributed by atoms with Crippen LogP contribution in [-0.4, -0.2) is 25.4 Å². The molecule has 0 unspecified atom stereocenters. The van der Waals surface area contributed by atoms with E-state index in [1.54, 1.807) is 24.3 Å². The number of nitrogens with one attached hydrogen (secondary N) is 2. The number of carbonyl (C=O) groups is 1. The van der Waals surface area contributed by atoms with Crippen LogP contribution in [0.4, 0.5) is 5.69 Å². The maximum Gasteiger partial charge on any atom is 0.250 e. The minimum atomic E-state index is -3.83. The van der Waals surface area contributed by atoms with E-state index in [4.69, 9.17) is 23.2 Å². The third-order valence-corrected chi connectivity index (χ3v) is 6.67. The van der Waals surface area contributed by atoms with E-state index in [-0.39, 0.29) is 35.0 Å². The first-order valence-electron chi connectivity index (χ1n) is 9.24. The van der Waals surface area contributed by atoms with Gasteiger partial charge in [0.15, 0.2) is 0 Å². The maximum absolute atomic E-state index is 12.3. The van der Waals surface area contributed by atoms with Crippen molar-refractivity contribution in [3.8, 4) is 0 Å². The van der Waals surface area contributed by atoms with Crippen LogP contribution < -0.4 is 15.6 Å². The van der Waals surface area contributed by atoms with Gasteiger partial charge in [-0.2, -0.15) is 0 Å². The van der Waals surface area contributed by atoms with Gasteiger partial charge in [0.2, 0.25) is 15.9 Å². The average Bonchev–Trinajstić information content (AvgIpc) is 2.72. The zero-order chi connectivity index (χ0) is 22.4. The van der Waals surface area contributed by atoms with E-state index in [1.165, 1.54) is 35.0 Å². The SMILES string of the molecule is O=C(CCNS(=O)(=O)c1ccccc1Cl)Nc1ccc(=O)n(Cc2ccccc2Cl)c1. The molecule has 31 heavy (non-hydrogen) atoms. The minimum absolute atomic E-state index is 0.0521. The van der Waals surface area contributed by atoms with E-state index in [9.17, 15) is 18.0 Å². The number of benzene rings is 2. The molecule has 0 radical (unpaired) electrons. The summed E-state index contributed by atoms with van der Waals surface area (Å²) in [5.74, 6) is -0.412. The number of hydrogen-bond donors (Lipinski definition) is 2. The zero-order valence-corrected chi connectivity index (χ0v) is 18.5. The Bertz CT molecular complexity index is 1260. The maximum atomic E-state index is 12.3. The van der Waals surface area contributed by atoms with Gasteiger partial charge in [-0.1, -0.05) is 53.5 Å². The predicted molar refractivity (Wildman–Crippen MR) is 121 cm³/mol. The second-order valence-corrected chi connectivity index (χ2v) is 9.15. The number of rotatable bonds is 8. The Hall–Kier alpha value is -2.65. The topological polar surface area (TPSA) is 97.3 Å². The average molecular weight is 480 g/mol. The van der Waals surface area contributed by atoms with Gasteiger partial charge < -0.3 is 9.88 Å². The van der Waals surface area contributed by atoms with Gasteiger partial charge in [-0.3, -0.25) is 9.59 Å². The second kappa shape index (κ2) is 10.1. The summed E-state index contributed by atoms with van der Waals surface area (Å²) in [6.07, 6.45) is 1.41. The van der Waals surface area contributed by atoms with Crippen LogP contribution in [0.2, 0.25) is 10.0 Å². The molecule has 7 nitrogen and oxygen atoms in total. The number of hydrogen-bond acceptors (Lipinski definition) is 4. The van der Waals surface area contributed by atoms with Crippen LogP contribution >= 0.6 is 23.2 Å². The fourth-order valence-corrected chi connectivity index (χ4v) is 4.55. The molecule has 0 aliphatic rings. The van der Waals surface area contributed by atoms with Crippen LogP contribution in [0, 0.1) is 0 Å².